The zero-order valence-corrected chi connectivity index (χ0v) is 13.6. The van der Waals surface area contributed by atoms with E-state index in [0.29, 0.717) is 6.54 Å². The van der Waals surface area contributed by atoms with Crippen molar-refractivity contribution in [2.24, 2.45) is 7.05 Å². The normalized spacial score (nSPS) is 11.9. The van der Waals surface area contributed by atoms with E-state index < -0.39 is 11.7 Å². The molecule has 0 aliphatic heterocycles. The fourth-order valence-corrected chi connectivity index (χ4v) is 1.63. The minimum Gasteiger partial charge on any atom is -0.444 e. The number of ether oxygens (including phenoxy) is 1. The van der Waals surface area contributed by atoms with Gasteiger partial charge in [-0.25, -0.2) is 4.79 Å². The van der Waals surface area contributed by atoms with Crippen LogP contribution in [-0.4, -0.2) is 34.6 Å². The SMILES string of the molecule is Cc1c(CNC/C=C/CNC(=O)OC(C)(C)C)cnn1C. The minimum absolute atomic E-state index is 0.397. The van der Waals surface area contributed by atoms with Gasteiger partial charge in [-0.15, -0.1) is 0 Å². The van der Waals surface area contributed by atoms with Crippen molar-refractivity contribution in [2.45, 2.75) is 39.8 Å². The number of carbonyl (C=O) groups excluding carboxylic acids is 1. The molecule has 6 heteroatoms. The van der Waals surface area contributed by atoms with Gasteiger partial charge in [-0.05, 0) is 27.7 Å². The van der Waals surface area contributed by atoms with Crippen molar-refractivity contribution in [3.05, 3.63) is 29.6 Å². The predicted octanol–water partition coefficient (Wildman–Crippen LogP) is 1.90. The van der Waals surface area contributed by atoms with E-state index in [1.54, 1.807) is 0 Å². The van der Waals surface area contributed by atoms with Crippen molar-refractivity contribution in [1.82, 2.24) is 20.4 Å². The Kier molecular flexibility index (Phi) is 6.42. The molecular weight excluding hydrogens is 268 g/mol. The Morgan fingerprint density at radius 3 is 2.62 bits per heavy atom. The summed E-state index contributed by atoms with van der Waals surface area (Å²) in [5, 5.41) is 10.2. The molecule has 0 atom stereocenters. The van der Waals surface area contributed by atoms with Crippen LogP contribution in [0.5, 0.6) is 0 Å². The summed E-state index contributed by atoms with van der Waals surface area (Å²) in [4.78, 5) is 11.4. The van der Waals surface area contributed by atoms with Crippen molar-refractivity contribution >= 4 is 6.09 Å². The molecule has 0 bridgehead atoms. The molecule has 0 fully saturated rings. The smallest absolute Gasteiger partial charge is 0.407 e. The van der Waals surface area contributed by atoms with Crippen LogP contribution in [0.2, 0.25) is 0 Å². The molecular formula is C15H26N4O2. The lowest BCUT2D eigenvalue weighted by molar-refractivity contribution is 0.0534. The van der Waals surface area contributed by atoms with Crippen molar-refractivity contribution < 1.29 is 9.53 Å². The van der Waals surface area contributed by atoms with Gasteiger partial charge in [-0.3, -0.25) is 4.68 Å². The number of aromatic nitrogens is 2. The van der Waals surface area contributed by atoms with Crippen molar-refractivity contribution in [1.29, 1.82) is 0 Å². The van der Waals surface area contributed by atoms with Gasteiger partial charge in [0.25, 0.3) is 0 Å². The second-order valence-corrected chi connectivity index (χ2v) is 5.86. The third kappa shape index (κ3) is 6.94. The molecule has 1 heterocycles. The van der Waals surface area contributed by atoms with Gasteiger partial charge in [-0.2, -0.15) is 5.10 Å². The number of hydrogen-bond acceptors (Lipinski definition) is 4. The average molecular weight is 294 g/mol. The zero-order chi connectivity index (χ0) is 15.9. The molecule has 118 valence electrons. The number of aryl methyl sites for hydroxylation is 1. The summed E-state index contributed by atoms with van der Waals surface area (Å²) < 4.78 is 6.99. The summed E-state index contributed by atoms with van der Waals surface area (Å²) in [6.07, 6.45) is 5.35. The highest BCUT2D eigenvalue weighted by molar-refractivity contribution is 5.67. The number of alkyl carbamates (subject to hydrolysis) is 1. The van der Waals surface area contributed by atoms with Crippen LogP contribution in [0.4, 0.5) is 4.79 Å². The van der Waals surface area contributed by atoms with E-state index >= 15 is 0 Å². The third-order valence-corrected chi connectivity index (χ3v) is 2.84. The van der Waals surface area contributed by atoms with Gasteiger partial charge in [0.1, 0.15) is 5.60 Å². The fourth-order valence-electron chi connectivity index (χ4n) is 1.63. The van der Waals surface area contributed by atoms with E-state index in [9.17, 15) is 4.79 Å². The molecule has 6 nitrogen and oxygen atoms in total. The molecule has 0 spiro atoms. The molecule has 1 amide bonds. The van der Waals surface area contributed by atoms with Gasteiger partial charge in [0, 0.05) is 37.9 Å². The maximum Gasteiger partial charge on any atom is 0.407 e. The van der Waals surface area contributed by atoms with Crippen LogP contribution < -0.4 is 10.6 Å². The van der Waals surface area contributed by atoms with Gasteiger partial charge in [-0.1, -0.05) is 12.2 Å². The lowest BCUT2D eigenvalue weighted by Gasteiger charge is -2.19. The average Bonchev–Trinajstić information content (AvgIpc) is 2.67. The Morgan fingerprint density at radius 1 is 1.38 bits per heavy atom. The summed E-state index contributed by atoms with van der Waals surface area (Å²) in [7, 11) is 1.93. The second-order valence-electron chi connectivity index (χ2n) is 5.86. The van der Waals surface area contributed by atoms with Gasteiger partial charge in [0.2, 0.25) is 0 Å². The first-order valence-electron chi connectivity index (χ1n) is 7.09. The Morgan fingerprint density at radius 2 is 2.05 bits per heavy atom. The van der Waals surface area contributed by atoms with Crippen LogP contribution in [0.1, 0.15) is 32.0 Å². The van der Waals surface area contributed by atoms with E-state index in [1.165, 1.54) is 5.56 Å². The van der Waals surface area contributed by atoms with E-state index in [2.05, 4.69) is 15.7 Å². The molecule has 0 aromatic carbocycles. The number of carbonyl (C=O) groups is 1. The summed E-state index contributed by atoms with van der Waals surface area (Å²) in [6, 6.07) is 0. The van der Waals surface area contributed by atoms with Crippen molar-refractivity contribution in [2.75, 3.05) is 13.1 Å². The molecule has 0 saturated carbocycles. The van der Waals surface area contributed by atoms with E-state index in [4.69, 9.17) is 4.74 Å². The molecule has 21 heavy (non-hydrogen) atoms. The fraction of sp³-hybridized carbons (Fsp3) is 0.600. The summed E-state index contributed by atoms with van der Waals surface area (Å²) in [5.74, 6) is 0. The standard InChI is InChI=1S/C15H26N4O2/c1-12-13(11-18-19(12)5)10-16-8-6-7-9-17-14(20)21-15(2,3)4/h6-7,11,16H,8-10H2,1-5H3,(H,17,20)/b7-6+. The topological polar surface area (TPSA) is 68.2 Å². The van der Waals surface area contributed by atoms with Crippen molar-refractivity contribution in [3.8, 4) is 0 Å². The first kappa shape index (κ1) is 17.2. The lowest BCUT2D eigenvalue weighted by Crippen LogP contribution is -2.32. The number of nitrogens with zero attached hydrogens (tertiary/aromatic N) is 2. The van der Waals surface area contributed by atoms with Crippen LogP contribution in [0.25, 0.3) is 0 Å². The molecule has 1 aromatic heterocycles. The highest BCUT2D eigenvalue weighted by atomic mass is 16.6. The largest absolute Gasteiger partial charge is 0.444 e. The molecule has 2 N–H and O–H groups in total. The second kappa shape index (κ2) is 7.83. The molecule has 0 saturated heterocycles. The number of amides is 1. The maximum atomic E-state index is 11.4. The first-order chi connectivity index (χ1) is 9.79. The third-order valence-electron chi connectivity index (χ3n) is 2.84. The molecule has 1 aromatic rings. The molecule has 0 unspecified atom stereocenters. The van der Waals surface area contributed by atoms with Crippen LogP contribution in [-0.2, 0) is 18.3 Å². The van der Waals surface area contributed by atoms with Gasteiger partial charge < -0.3 is 15.4 Å². The number of nitrogens with one attached hydrogen (secondary N) is 2. The van der Waals surface area contributed by atoms with Crippen LogP contribution in [0, 0.1) is 6.92 Å². The number of rotatable bonds is 6. The van der Waals surface area contributed by atoms with Crippen LogP contribution >= 0.6 is 0 Å². The molecule has 1 rings (SSSR count). The molecule has 0 radical (unpaired) electrons. The van der Waals surface area contributed by atoms with E-state index in [-0.39, 0.29) is 0 Å². The minimum atomic E-state index is -0.461. The lowest BCUT2D eigenvalue weighted by atomic mass is 10.2. The molecule has 0 aliphatic carbocycles. The zero-order valence-electron chi connectivity index (χ0n) is 13.6. The van der Waals surface area contributed by atoms with E-state index in [1.807, 2.05) is 57.8 Å². The first-order valence-corrected chi connectivity index (χ1v) is 7.09. The predicted molar refractivity (Wildman–Crippen MR) is 83.0 cm³/mol. The Labute approximate surface area is 126 Å². The quantitative estimate of drug-likeness (QED) is 0.621. The monoisotopic (exact) mass is 294 g/mol. The van der Waals surface area contributed by atoms with Gasteiger partial charge in [0.15, 0.2) is 0 Å². The van der Waals surface area contributed by atoms with Crippen LogP contribution in [0.3, 0.4) is 0 Å². The number of hydrogen-bond donors (Lipinski definition) is 2. The van der Waals surface area contributed by atoms with Crippen molar-refractivity contribution in [3.63, 3.8) is 0 Å². The van der Waals surface area contributed by atoms with E-state index in [0.717, 1.165) is 18.8 Å². The Balaban J connectivity index is 2.13. The van der Waals surface area contributed by atoms with Gasteiger partial charge >= 0.3 is 6.09 Å². The maximum absolute atomic E-state index is 11.4. The highest BCUT2D eigenvalue weighted by Gasteiger charge is 2.14. The summed E-state index contributed by atoms with van der Waals surface area (Å²) in [6.45, 7) is 9.55. The summed E-state index contributed by atoms with van der Waals surface area (Å²) in [5.41, 5.74) is 1.90. The molecule has 0 aliphatic rings. The Bertz CT molecular complexity index is 486. The Hall–Kier alpha value is -1.82. The van der Waals surface area contributed by atoms with Gasteiger partial charge in [0.05, 0.1) is 6.20 Å². The van der Waals surface area contributed by atoms with Crippen LogP contribution in [0.15, 0.2) is 18.3 Å². The highest BCUT2D eigenvalue weighted by Crippen LogP contribution is 2.06. The summed E-state index contributed by atoms with van der Waals surface area (Å²) >= 11 is 0.